The van der Waals surface area contributed by atoms with Gasteiger partial charge in [-0.05, 0) is 49.9 Å². The van der Waals surface area contributed by atoms with Gasteiger partial charge in [0.25, 0.3) is 5.91 Å². The summed E-state index contributed by atoms with van der Waals surface area (Å²) in [6.07, 6.45) is 8.61. The van der Waals surface area contributed by atoms with E-state index in [2.05, 4.69) is 10.0 Å². The molecular formula is C19H28N2O4S. The molecule has 2 fully saturated rings. The third kappa shape index (κ3) is 5.28. The van der Waals surface area contributed by atoms with Crippen molar-refractivity contribution in [2.24, 2.45) is 0 Å². The highest BCUT2D eigenvalue weighted by Crippen LogP contribution is 2.18. The van der Waals surface area contributed by atoms with Crippen LogP contribution in [-0.2, 0) is 14.8 Å². The van der Waals surface area contributed by atoms with Crippen molar-refractivity contribution in [2.45, 2.75) is 68.4 Å². The fourth-order valence-corrected chi connectivity index (χ4v) is 4.64. The molecule has 1 amide bonds. The van der Waals surface area contributed by atoms with E-state index in [1.165, 1.54) is 25.0 Å². The Bertz CT molecular complexity index is 689. The van der Waals surface area contributed by atoms with E-state index in [4.69, 9.17) is 4.74 Å². The molecule has 6 nitrogen and oxygen atoms in total. The summed E-state index contributed by atoms with van der Waals surface area (Å²) in [5.41, 5.74) is 0.493. The fourth-order valence-electron chi connectivity index (χ4n) is 3.57. The van der Waals surface area contributed by atoms with Crippen LogP contribution in [0.2, 0.25) is 0 Å². The first-order valence-corrected chi connectivity index (χ1v) is 11.0. The molecule has 1 aromatic carbocycles. The lowest BCUT2D eigenvalue weighted by Crippen LogP contribution is -2.34. The van der Waals surface area contributed by atoms with Crippen LogP contribution in [0, 0.1) is 0 Å². The maximum atomic E-state index is 12.4. The average molecular weight is 381 g/mol. The Morgan fingerprint density at radius 3 is 2.31 bits per heavy atom. The molecule has 3 rings (SSSR count). The summed E-state index contributed by atoms with van der Waals surface area (Å²) in [6.45, 7) is 0.976. The molecule has 0 aromatic heterocycles. The van der Waals surface area contributed by atoms with Gasteiger partial charge in [-0.1, -0.05) is 25.7 Å². The molecule has 26 heavy (non-hydrogen) atoms. The van der Waals surface area contributed by atoms with Gasteiger partial charge >= 0.3 is 0 Å². The van der Waals surface area contributed by atoms with Gasteiger partial charge in [-0.2, -0.15) is 0 Å². The number of ether oxygens (including phenoxy) is 1. The van der Waals surface area contributed by atoms with E-state index in [1.807, 2.05) is 0 Å². The topological polar surface area (TPSA) is 84.5 Å². The van der Waals surface area contributed by atoms with E-state index in [0.717, 1.165) is 38.5 Å². The van der Waals surface area contributed by atoms with Crippen molar-refractivity contribution in [1.29, 1.82) is 0 Å². The van der Waals surface area contributed by atoms with Crippen LogP contribution in [0.25, 0.3) is 0 Å². The van der Waals surface area contributed by atoms with E-state index >= 15 is 0 Å². The molecule has 144 valence electrons. The van der Waals surface area contributed by atoms with Crippen LogP contribution in [0.1, 0.15) is 61.7 Å². The third-order valence-corrected chi connectivity index (χ3v) is 6.58. The van der Waals surface area contributed by atoms with Crippen molar-refractivity contribution in [3.05, 3.63) is 29.8 Å². The SMILES string of the molecule is O=C(NC1CCCCCC1)c1ccc(S(=O)(=O)NCC2CCCO2)cc1. The lowest BCUT2D eigenvalue weighted by atomic mass is 10.1. The number of nitrogens with one attached hydrogen (secondary N) is 2. The zero-order valence-electron chi connectivity index (χ0n) is 15.1. The highest BCUT2D eigenvalue weighted by Gasteiger charge is 2.21. The number of sulfonamides is 1. The zero-order valence-corrected chi connectivity index (χ0v) is 15.9. The van der Waals surface area contributed by atoms with Gasteiger partial charge < -0.3 is 10.1 Å². The van der Waals surface area contributed by atoms with Crippen LogP contribution in [0.5, 0.6) is 0 Å². The Morgan fingerprint density at radius 2 is 1.69 bits per heavy atom. The Balaban J connectivity index is 1.57. The molecule has 2 N–H and O–H groups in total. The standard InChI is InChI=1S/C19H28N2O4S/c22-19(21-16-6-3-1-2-4-7-16)15-9-11-18(12-10-15)26(23,24)20-14-17-8-5-13-25-17/h9-12,16-17,20H,1-8,13-14H2,(H,21,22). The molecule has 0 spiro atoms. The number of hydrogen-bond acceptors (Lipinski definition) is 4. The molecule has 2 aliphatic rings. The summed E-state index contributed by atoms with van der Waals surface area (Å²) in [7, 11) is -3.58. The summed E-state index contributed by atoms with van der Waals surface area (Å²) in [4.78, 5) is 12.6. The smallest absolute Gasteiger partial charge is 0.251 e. The van der Waals surface area contributed by atoms with Crippen LogP contribution in [0.4, 0.5) is 0 Å². The first kappa shape index (κ1) is 19.3. The quantitative estimate of drug-likeness (QED) is 0.743. The van der Waals surface area contributed by atoms with Crippen molar-refractivity contribution in [3.8, 4) is 0 Å². The first-order valence-electron chi connectivity index (χ1n) is 9.57. The minimum atomic E-state index is -3.58. The second-order valence-electron chi connectivity index (χ2n) is 7.17. The van der Waals surface area contributed by atoms with Gasteiger partial charge in [0.05, 0.1) is 11.0 Å². The van der Waals surface area contributed by atoms with E-state index in [-0.39, 0.29) is 29.5 Å². The van der Waals surface area contributed by atoms with E-state index in [0.29, 0.717) is 12.2 Å². The lowest BCUT2D eigenvalue weighted by molar-refractivity contribution is 0.0933. The summed E-state index contributed by atoms with van der Waals surface area (Å²) >= 11 is 0. The highest BCUT2D eigenvalue weighted by atomic mass is 32.2. The van der Waals surface area contributed by atoms with Gasteiger partial charge in [0, 0.05) is 24.8 Å². The van der Waals surface area contributed by atoms with Gasteiger partial charge in [-0.25, -0.2) is 13.1 Å². The molecule has 0 bridgehead atoms. The molecule has 1 saturated carbocycles. The van der Waals surface area contributed by atoms with Crippen molar-refractivity contribution < 1.29 is 17.9 Å². The lowest BCUT2D eigenvalue weighted by Gasteiger charge is -2.16. The molecular weight excluding hydrogens is 352 g/mol. The fraction of sp³-hybridized carbons (Fsp3) is 0.632. The van der Waals surface area contributed by atoms with Gasteiger partial charge in [0.15, 0.2) is 0 Å². The largest absolute Gasteiger partial charge is 0.377 e. The normalized spacial score (nSPS) is 22.1. The number of carbonyl (C=O) groups is 1. The van der Waals surface area contributed by atoms with Crippen LogP contribution in [-0.4, -0.2) is 39.6 Å². The third-order valence-electron chi connectivity index (χ3n) is 5.14. The molecule has 1 atom stereocenters. The van der Waals surface area contributed by atoms with Gasteiger partial charge in [0.2, 0.25) is 10.0 Å². The van der Waals surface area contributed by atoms with E-state index in [1.54, 1.807) is 12.1 Å². The van der Waals surface area contributed by atoms with Crippen LogP contribution in [0.15, 0.2) is 29.2 Å². The first-order chi connectivity index (χ1) is 12.5. The maximum absolute atomic E-state index is 12.4. The average Bonchev–Trinajstić information content (AvgIpc) is 3.04. The second-order valence-corrected chi connectivity index (χ2v) is 8.94. The van der Waals surface area contributed by atoms with E-state index < -0.39 is 10.0 Å². The predicted molar refractivity (Wildman–Crippen MR) is 99.6 cm³/mol. The molecule has 7 heteroatoms. The summed E-state index contributed by atoms with van der Waals surface area (Å²) in [5, 5.41) is 3.08. The molecule has 1 aromatic rings. The summed E-state index contributed by atoms with van der Waals surface area (Å²) in [5.74, 6) is -0.131. The molecule has 1 saturated heterocycles. The summed E-state index contributed by atoms with van der Waals surface area (Å²) in [6, 6.07) is 6.35. The second kappa shape index (κ2) is 8.97. The maximum Gasteiger partial charge on any atom is 0.251 e. The van der Waals surface area contributed by atoms with Gasteiger partial charge in [0.1, 0.15) is 0 Å². The monoisotopic (exact) mass is 380 g/mol. The Morgan fingerprint density at radius 1 is 1.00 bits per heavy atom. The number of benzene rings is 1. The highest BCUT2D eigenvalue weighted by molar-refractivity contribution is 7.89. The number of hydrogen-bond donors (Lipinski definition) is 2. The minimum Gasteiger partial charge on any atom is -0.377 e. The molecule has 1 aliphatic carbocycles. The zero-order chi connectivity index (χ0) is 18.4. The minimum absolute atomic E-state index is 0.0469. The number of rotatable bonds is 6. The van der Waals surface area contributed by atoms with Crippen molar-refractivity contribution >= 4 is 15.9 Å². The van der Waals surface area contributed by atoms with Crippen molar-refractivity contribution in [3.63, 3.8) is 0 Å². The van der Waals surface area contributed by atoms with Crippen LogP contribution in [0.3, 0.4) is 0 Å². The Labute approximate surface area is 155 Å². The van der Waals surface area contributed by atoms with Crippen LogP contribution < -0.4 is 10.0 Å². The molecule has 1 aliphatic heterocycles. The molecule has 1 unspecified atom stereocenters. The van der Waals surface area contributed by atoms with Gasteiger partial charge in [-0.3, -0.25) is 4.79 Å². The Kier molecular flexibility index (Phi) is 6.67. The van der Waals surface area contributed by atoms with E-state index in [9.17, 15) is 13.2 Å². The Hall–Kier alpha value is -1.44. The molecule has 0 radical (unpaired) electrons. The number of carbonyl (C=O) groups excluding carboxylic acids is 1. The van der Waals surface area contributed by atoms with Crippen molar-refractivity contribution in [1.82, 2.24) is 10.0 Å². The molecule has 1 heterocycles. The predicted octanol–water partition coefficient (Wildman–Crippen LogP) is 2.60. The van der Waals surface area contributed by atoms with Crippen molar-refractivity contribution in [2.75, 3.05) is 13.2 Å². The number of amides is 1. The summed E-state index contributed by atoms with van der Waals surface area (Å²) < 4.78 is 32.7. The van der Waals surface area contributed by atoms with Crippen LogP contribution >= 0.6 is 0 Å². The van der Waals surface area contributed by atoms with Gasteiger partial charge in [-0.15, -0.1) is 0 Å².